The van der Waals surface area contributed by atoms with Gasteiger partial charge in [-0.05, 0) is 36.4 Å². The molecule has 0 N–H and O–H groups in total. The van der Waals surface area contributed by atoms with Crippen molar-refractivity contribution in [2.75, 3.05) is 6.61 Å². The van der Waals surface area contributed by atoms with Gasteiger partial charge in [-0.15, -0.1) is 0 Å². The predicted octanol–water partition coefficient (Wildman–Crippen LogP) is 1.43. The van der Waals surface area contributed by atoms with Crippen molar-refractivity contribution in [1.29, 1.82) is 5.26 Å². The smallest absolute Gasteiger partial charge is 0.334 e. The minimum Gasteiger partial charge on any atom is -0.464 e. The molecule has 1 heterocycles. The first-order valence-electron chi connectivity index (χ1n) is 4.61. The molecule has 84 valence electrons. The first-order valence-corrected chi connectivity index (χ1v) is 5.69. The Bertz CT molecular complexity index is 427. The minimum absolute atomic E-state index is 0.161. The van der Waals surface area contributed by atoms with Crippen molar-refractivity contribution in [2.24, 2.45) is 0 Å². The largest absolute Gasteiger partial charge is 0.464 e. The summed E-state index contributed by atoms with van der Waals surface area (Å²) < 4.78 is 5.68. The van der Waals surface area contributed by atoms with Gasteiger partial charge in [-0.1, -0.05) is 0 Å². The zero-order valence-corrected chi connectivity index (χ0v) is 11.1. The minimum atomic E-state index is -1.44. The normalized spacial score (nSPS) is 13.6. The molecule has 0 saturated carbocycles. The van der Waals surface area contributed by atoms with E-state index >= 15 is 0 Å². The van der Waals surface area contributed by atoms with Gasteiger partial charge in [-0.25, -0.2) is 14.8 Å². The van der Waals surface area contributed by atoms with Crippen molar-refractivity contribution in [2.45, 2.75) is 19.3 Å². The molecule has 5 nitrogen and oxygen atoms in total. The maximum Gasteiger partial charge on any atom is 0.334 e. The summed E-state index contributed by atoms with van der Waals surface area (Å²) in [5.41, 5.74) is -1.44. The van der Waals surface area contributed by atoms with E-state index in [0.717, 1.165) is 3.57 Å². The third kappa shape index (κ3) is 2.47. The van der Waals surface area contributed by atoms with Gasteiger partial charge >= 0.3 is 5.97 Å². The van der Waals surface area contributed by atoms with Gasteiger partial charge in [-0.3, -0.25) is 0 Å². The molecule has 16 heavy (non-hydrogen) atoms. The lowest BCUT2D eigenvalue weighted by atomic mass is 9.92. The van der Waals surface area contributed by atoms with Crippen molar-refractivity contribution in [3.8, 4) is 6.07 Å². The number of nitrogens with zero attached hydrogens (tertiary/aromatic N) is 3. The predicted molar refractivity (Wildman–Crippen MR) is 64.3 cm³/mol. The van der Waals surface area contributed by atoms with E-state index in [2.05, 4.69) is 9.97 Å². The van der Waals surface area contributed by atoms with Crippen LogP contribution in [0.1, 0.15) is 19.7 Å². The molecule has 0 amide bonds. The molecule has 6 heteroatoms. The van der Waals surface area contributed by atoms with Crippen LogP contribution in [0.5, 0.6) is 0 Å². The quantitative estimate of drug-likeness (QED) is 0.619. The lowest BCUT2D eigenvalue weighted by molar-refractivity contribution is -0.147. The molecule has 1 aromatic rings. The number of hydrogen-bond acceptors (Lipinski definition) is 5. The van der Waals surface area contributed by atoms with Crippen LogP contribution in [0.2, 0.25) is 0 Å². The molecule has 0 aliphatic heterocycles. The number of ether oxygens (including phenoxy) is 1. The number of rotatable bonds is 3. The van der Waals surface area contributed by atoms with Crippen molar-refractivity contribution in [1.82, 2.24) is 9.97 Å². The van der Waals surface area contributed by atoms with Crippen molar-refractivity contribution in [3.63, 3.8) is 0 Å². The monoisotopic (exact) mass is 331 g/mol. The third-order valence-corrected chi connectivity index (χ3v) is 2.53. The summed E-state index contributed by atoms with van der Waals surface area (Å²) in [7, 11) is 0. The van der Waals surface area contributed by atoms with Crippen LogP contribution >= 0.6 is 22.6 Å². The van der Waals surface area contributed by atoms with Crippen LogP contribution in [-0.4, -0.2) is 22.5 Å². The summed E-state index contributed by atoms with van der Waals surface area (Å²) in [6.45, 7) is 3.36. The Hall–Kier alpha value is -1.23. The molecule has 0 radical (unpaired) electrons. The van der Waals surface area contributed by atoms with Gasteiger partial charge in [0.2, 0.25) is 5.41 Å². The van der Waals surface area contributed by atoms with Gasteiger partial charge in [0, 0.05) is 16.0 Å². The maximum atomic E-state index is 11.7. The second-order valence-electron chi connectivity index (χ2n) is 3.18. The van der Waals surface area contributed by atoms with E-state index < -0.39 is 11.4 Å². The molecule has 1 unspecified atom stereocenters. The fourth-order valence-corrected chi connectivity index (χ4v) is 1.31. The Morgan fingerprint density at radius 1 is 1.62 bits per heavy atom. The molecule has 0 aliphatic carbocycles. The highest BCUT2D eigenvalue weighted by atomic mass is 127. The molecule has 1 atom stereocenters. The van der Waals surface area contributed by atoms with E-state index in [1.807, 2.05) is 28.7 Å². The molecular formula is C10H10IN3O2. The summed E-state index contributed by atoms with van der Waals surface area (Å²) in [5.74, 6) is -0.465. The number of esters is 1. The zero-order valence-electron chi connectivity index (χ0n) is 8.90. The van der Waals surface area contributed by atoms with Gasteiger partial charge in [-0.2, -0.15) is 5.26 Å². The second kappa shape index (κ2) is 5.21. The first-order chi connectivity index (χ1) is 7.54. The molecular weight excluding hydrogens is 321 g/mol. The number of nitriles is 1. The van der Waals surface area contributed by atoms with Gasteiger partial charge < -0.3 is 4.74 Å². The van der Waals surface area contributed by atoms with Gasteiger partial charge in [0.15, 0.2) is 5.82 Å². The van der Waals surface area contributed by atoms with Crippen LogP contribution in [0.4, 0.5) is 0 Å². The highest BCUT2D eigenvalue weighted by Gasteiger charge is 2.40. The molecule has 0 aliphatic rings. The van der Waals surface area contributed by atoms with E-state index in [0.29, 0.717) is 0 Å². The number of carbonyl (C=O) groups excluding carboxylic acids is 1. The van der Waals surface area contributed by atoms with E-state index in [1.54, 1.807) is 19.3 Å². The molecule has 0 fully saturated rings. The van der Waals surface area contributed by atoms with E-state index in [-0.39, 0.29) is 12.4 Å². The van der Waals surface area contributed by atoms with Crippen molar-refractivity contribution in [3.05, 3.63) is 21.8 Å². The van der Waals surface area contributed by atoms with Crippen LogP contribution in [0, 0.1) is 14.9 Å². The summed E-state index contributed by atoms with van der Waals surface area (Å²) in [6.07, 6.45) is 3.11. The maximum absolute atomic E-state index is 11.7. The molecule has 0 aromatic carbocycles. The standard InChI is InChI=1S/C10H10IN3O2/c1-3-16-9(15)10(2,6-12)8-13-4-7(11)5-14-8/h4-5H,3H2,1-2H3. The number of halogens is 1. The molecule has 0 spiro atoms. The lowest BCUT2D eigenvalue weighted by Crippen LogP contribution is -2.34. The van der Waals surface area contributed by atoms with Crippen molar-refractivity contribution < 1.29 is 9.53 Å². The lowest BCUT2D eigenvalue weighted by Gasteiger charge is -2.17. The van der Waals surface area contributed by atoms with E-state index in [1.165, 1.54) is 6.92 Å². The van der Waals surface area contributed by atoms with Crippen molar-refractivity contribution >= 4 is 28.6 Å². The van der Waals surface area contributed by atoms with Crippen LogP contribution in [0.25, 0.3) is 0 Å². The summed E-state index contributed by atoms with van der Waals surface area (Å²) in [5, 5.41) is 9.07. The first kappa shape index (κ1) is 12.8. The fraction of sp³-hybridized carbons (Fsp3) is 0.400. The Balaban J connectivity index is 3.10. The molecule has 0 bridgehead atoms. The van der Waals surface area contributed by atoms with Gasteiger partial charge in [0.05, 0.1) is 12.7 Å². The van der Waals surface area contributed by atoms with Gasteiger partial charge in [0.25, 0.3) is 0 Å². The third-order valence-electron chi connectivity index (χ3n) is 1.97. The molecule has 1 rings (SSSR count). The number of hydrogen-bond donors (Lipinski definition) is 0. The average Bonchev–Trinajstić information content (AvgIpc) is 2.29. The van der Waals surface area contributed by atoms with E-state index in [9.17, 15) is 4.79 Å². The zero-order chi connectivity index (χ0) is 12.2. The highest BCUT2D eigenvalue weighted by molar-refractivity contribution is 14.1. The second-order valence-corrected chi connectivity index (χ2v) is 4.43. The Labute approximate surface area is 107 Å². The fourth-order valence-electron chi connectivity index (χ4n) is 1.03. The van der Waals surface area contributed by atoms with Gasteiger partial charge in [0.1, 0.15) is 0 Å². The Kier molecular flexibility index (Phi) is 4.18. The average molecular weight is 331 g/mol. The number of carbonyl (C=O) groups is 1. The molecule has 0 saturated heterocycles. The summed E-state index contributed by atoms with van der Waals surface area (Å²) >= 11 is 2.05. The Morgan fingerprint density at radius 2 is 2.19 bits per heavy atom. The number of aromatic nitrogens is 2. The van der Waals surface area contributed by atoms with Crippen LogP contribution in [0.15, 0.2) is 12.4 Å². The summed E-state index contributed by atoms with van der Waals surface area (Å²) in [6, 6.07) is 1.90. The van der Waals surface area contributed by atoms with Crippen LogP contribution < -0.4 is 0 Å². The van der Waals surface area contributed by atoms with Crippen LogP contribution in [0.3, 0.4) is 0 Å². The summed E-state index contributed by atoms with van der Waals surface area (Å²) in [4.78, 5) is 19.6. The highest BCUT2D eigenvalue weighted by Crippen LogP contribution is 2.21. The molecule has 1 aromatic heterocycles. The SMILES string of the molecule is CCOC(=O)C(C)(C#N)c1ncc(I)cn1. The van der Waals surface area contributed by atoms with Crippen LogP contribution in [-0.2, 0) is 14.9 Å². The van der Waals surface area contributed by atoms with E-state index in [4.69, 9.17) is 10.00 Å². The topological polar surface area (TPSA) is 75.9 Å². The Morgan fingerprint density at radius 3 is 2.62 bits per heavy atom.